The number of phenols is 1. The fourth-order valence-electron chi connectivity index (χ4n) is 4.11. The first-order valence-electron chi connectivity index (χ1n) is 10.8. The molecule has 0 fully saturated rings. The summed E-state index contributed by atoms with van der Waals surface area (Å²) in [5, 5.41) is 14.1. The summed E-state index contributed by atoms with van der Waals surface area (Å²) in [7, 11) is 1.67. The van der Waals surface area contributed by atoms with Crippen molar-refractivity contribution >= 4 is 22.5 Å². The van der Waals surface area contributed by atoms with Crippen LogP contribution in [0.2, 0.25) is 0 Å². The lowest BCUT2D eigenvalue weighted by Crippen LogP contribution is -2.09. The Bertz CT molecular complexity index is 1400. The number of fused-ring (bicyclic) bond motifs is 1. The number of phenolic OH excluding ortho intramolecular Hbond substituents is 1. The molecule has 164 valence electrons. The Balaban J connectivity index is 1.69. The maximum absolute atomic E-state index is 9.86. The van der Waals surface area contributed by atoms with Crippen LogP contribution in [-0.4, -0.2) is 26.8 Å². The van der Waals surface area contributed by atoms with Crippen LogP contribution in [0.4, 0.5) is 11.5 Å². The first-order valence-corrected chi connectivity index (χ1v) is 10.8. The van der Waals surface area contributed by atoms with Crippen LogP contribution in [0.15, 0.2) is 91.3 Å². The van der Waals surface area contributed by atoms with Gasteiger partial charge in [0, 0.05) is 11.8 Å². The summed E-state index contributed by atoms with van der Waals surface area (Å²) < 4.78 is 7.58. The molecule has 0 saturated carbocycles. The van der Waals surface area contributed by atoms with Gasteiger partial charge in [-0.1, -0.05) is 36.4 Å². The number of nitrogens with zero attached hydrogens (tertiary/aromatic N) is 3. The van der Waals surface area contributed by atoms with E-state index in [4.69, 9.17) is 4.74 Å². The van der Waals surface area contributed by atoms with Gasteiger partial charge in [-0.3, -0.25) is 0 Å². The van der Waals surface area contributed by atoms with Gasteiger partial charge in [-0.05, 0) is 60.5 Å². The fraction of sp³-hybridized carbons (Fsp3) is 0.111. The molecule has 1 atom stereocenters. The lowest BCUT2D eigenvalue weighted by Gasteiger charge is -2.19. The highest BCUT2D eigenvalue weighted by molar-refractivity contribution is 5.94. The highest BCUT2D eigenvalue weighted by atomic mass is 16.5. The molecule has 0 spiro atoms. The Morgan fingerprint density at radius 3 is 2.42 bits per heavy atom. The average Bonchev–Trinajstić information content (AvgIpc) is 3.25. The van der Waals surface area contributed by atoms with Crippen molar-refractivity contribution in [2.45, 2.75) is 13.0 Å². The zero-order valence-corrected chi connectivity index (χ0v) is 18.4. The number of methoxy groups -OCH3 is 1. The van der Waals surface area contributed by atoms with Gasteiger partial charge in [0.15, 0.2) is 0 Å². The third-order valence-corrected chi connectivity index (χ3v) is 5.80. The number of rotatable bonds is 6. The number of ether oxygens (including phenoxy) is 1. The highest BCUT2D eigenvalue weighted by Crippen LogP contribution is 2.36. The van der Waals surface area contributed by atoms with Crippen LogP contribution in [0.25, 0.3) is 22.3 Å². The van der Waals surface area contributed by atoms with Gasteiger partial charge in [-0.15, -0.1) is 0 Å². The van der Waals surface area contributed by atoms with Crippen LogP contribution in [0.3, 0.4) is 0 Å². The molecule has 3 aromatic carbocycles. The summed E-state index contributed by atoms with van der Waals surface area (Å²) in [6.45, 7) is 2.17. The normalized spacial score (nSPS) is 11.9. The minimum atomic E-state index is 0.0457. The predicted molar refractivity (Wildman–Crippen MR) is 131 cm³/mol. The average molecular weight is 437 g/mol. The molecule has 0 bridgehead atoms. The molecule has 33 heavy (non-hydrogen) atoms. The van der Waals surface area contributed by atoms with Crippen LogP contribution < -0.4 is 10.1 Å². The second-order valence-corrected chi connectivity index (χ2v) is 7.85. The molecule has 0 aliphatic heterocycles. The number of hydrogen-bond donors (Lipinski definition) is 2. The Morgan fingerprint density at radius 1 is 0.909 bits per heavy atom. The van der Waals surface area contributed by atoms with Crippen LogP contribution in [-0.2, 0) is 0 Å². The largest absolute Gasteiger partial charge is 0.508 e. The second-order valence-electron chi connectivity index (χ2n) is 7.85. The van der Waals surface area contributed by atoms with Crippen molar-refractivity contribution in [2.24, 2.45) is 0 Å². The van der Waals surface area contributed by atoms with Crippen LogP contribution in [0.1, 0.15) is 18.5 Å². The van der Waals surface area contributed by atoms with Gasteiger partial charge in [-0.25, -0.2) is 9.97 Å². The standard InChI is InChI=1S/C27H24N4O2/c1-18(19-7-4-3-5-8-19)31-25(20-11-13-23(33-2)14-12-20)16-24-26(28-17-29-27(24)31)30-21-9-6-10-22(32)15-21/h3-18,32H,1-2H3,(H,28,29,30). The zero-order chi connectivity index (χ0) is 22.8. The highest BCUT2D eigenvalue weighted by Gasteiger charge is 2.20. The van der Waals surface area contributed by atoms with Gasteiger partial charge < -0.3 is 19.7 Å². The maximum Gasteiger partial charge on any atom is 0.146 e. The summed E-state index contributed by atoms with van der Waals surface area (Å²) in [6, 6.07) is 27.6. The third-order valence-electron chi connectivity index (χ3n) is 5.80. The van der Waals surface area contributed by atoms with Gasteiger partial charge in [0.05, 0.1) is 24.2 Å². The number of aromatic hydroxyl groups is 1. The van der Waals surface area contributed by atoms with Gasteiger partial charge in [0.2, 0.25) is 0 Å². The topological polar surface area (TPSA) is 72.2 Å². The maximum atomic E-state index is 9.86. The van der Waals surface area contributed by atoms with Crippen molar-refractivity contribution in [1.29, 1.82) is 0 Å². The van der Waals surface area contributed by atoms with E-state index in [1.807, 2.05) is 24.3 Å². The lowest BCUT2D eigenvalue weighted by atomic mass is 10.1. The summed E-state index contributed by atoms with van der Waals surface area (Å²) in [6.07, 6.45) is 1.57. The number of aromatic nitrogens is 3. The van der Waals surface area contributed by atoms with Crippen LogP contribution in [0, 0.1) is 0 Å². The quantitative estimate of drug-likeness (QED) is 0.333. The lowest BCUT2D eigenvalue weighted by molar-refractivity contribution is 0.415. The molecule has 0 saturated heterocycles. The number of hydrogen-bond acceptors (Lipinski definition) is 5. The van der Waals surface area contributed by atoms with Gasteiger partial charge in [0.1, 0.15) is 29.3 Å². The Hall–Kier alpha value is -4.32. The van der Waals surface area contributed by atoms with Gasteiger partial charge in [-0.2, -0.15) is 0 Å². The van der Waals surface area contributed by atoms with Gasteiger partial charge >= 0.3 is 0 Å². The van der Waals surface area contributed by atoms with E-state index in [0.29, 0.717) is 5.82 Å². The summed E-state index contributed by atoms with van der Waals surface area (Å²) in [5.74, 6) is 1.68. The smallest absolute Gasteiger partial charge is 0.146 e. The molecule has 0 radical (unpaired) electrons. The monoisotopic (exact) mass is 436 g/mol. The van der Waals surface area contributed by atoms with Crippen molar-refractivity contribution in [3.8, 4) is 22.8 Å². The molecule has 1 unspecified atom stereocenters. The summed E-state index contributed by atoms with van der Waals surface area (Å²) in [5.41, 5.74) is 4.86. The third kappa shape index (κ3) is 3.99. The van der Waals surface area contributed by atoms with E-state index in [0.717, 1.165) is 33.7 Å². The first kappa shape index (κ1) is 20.6. The molecule has 2 aromatic heterocycles. The van der Waals surface area contributed by atoms with Crippen molar-refractivity contribution < 1.29 is 9.84 Å². The van der Waals surface area contributed by atoms with Crippen LogP contribution >= 0.6 is 0 Å². The van der Waals surface area contributed by atoms with E-state index >= 15 is 0 Å². The number of nitrogens with one attached hydrogen (secondary N) is 1. The SMILES string of the molecule is COc1ccc(-c2cc3c(Nc4cccc(O)c4)ncnc3n2C(C)c2ccccc2)cc1. The summed E-state index contributed by atoms with van der Waals surface area (Å²) >= 11 is 0. The van der Waals surface area contributed by atoms with Crippen molar-refractivity contribution in [1.82, 2.24) is 14.5 Å². The molecule has 5 rings (SSSR count). The second kappa shape index (κ2) is 8.67. The van der Waals surface area contributed by atoms with Crippen molar-refractivity contribution in [3.63, 3.8) is 0 Å². The van der Waals surface area contributed by atoms with Crippen molar-refractivity contribution in [2.75, 3.05) is 12.4 Å². The minimum Gasteiger partial charge on any atom is -0.508 e. The van der Waals surface area contributed by atoms with Crippen molar-refractivity contribution in [3.05, 3.63) is 96.8 Å². The molecule has 0 amide bonds. The molecule has 2 heterocycles. The molecule has 0 aliphatic rings. The molecule has 6 heteroatoms. The first-order chi connectivity index (χ1) is 16.1. The predicted octanol–water partition coefficient (Wildman–Crippen LogP) is 6.17. The Labute approximate surface area is 192 Å². The van der Waals surface area contributed by atoms with E-state index < -0.39 is 0 Å². The van der Waals surface area contributed by atoms with Gasteiger partial charge in [0.25, 0.3) is 0 Å². The molecular formula is C27H24N4O2. The Kier molecular flexibility index (Phi) is 5.40. The fourth-order valence-corrected chi connectivity index (χ4v) is 4.11. The zero-order valence-electron chi connectivity index (χ0n) is 18.4. The molecule has 6 nitrogen and oxygen atoms in total. The van der Waals surface area contributed by atoms with Crippen LogP contribution in [0.5, 0.6) is 11.5 Å². The van der Waals surface area contributed by atoms with E-state index in [1.54, 1.807) is 31.6 Å². The molecule has 2 N–H and O–H groups in total. The van der Waals surface area contributed by atoms with E-state index in [9.17, 15) is 5.11 Å². The Morgan fingerprint density at radius 2 is 1.70 bits per heavy atom. The molecular weight excluding hydrogens is 412 g/mol. The summed E-state index contributed by atoms with van der Waals surface area (Å²) in [4.78, 5) is 9.17. The number of benzene rings is 3. The van der Waals surface area contributed by atoms with E-state index in [-0.39, 0.29) is 11.8 Å². The molecule has 0 aliphatic carbocycles. The van der Waals surface area contributed by atoms with E-state index in [1.165, 1.54) is 5.56 Å². The van der Waals surface area contributed by atoms with E-state index in [2.05, 4.69) is 69.2 Å². The minimum absolute atomic E-state index is 0.0457. The molecule has 5 aromatic rings. The number of anilines is 2.